The van der Waals surface area contributed by atoms with Gasteiger partial charge in [0.2, 0.25) is 5.43 Å². The third kappa shape index (κ3) is 5.63. The lowest BCUT2D eigenvalue weighted by Gasteiger charge is -2.37. The van der Waals surface area contributed by atoms with Crippen LogP contribution in [-0.2, 0) is 20.9 Å². The molecule has 4 rings (SSSR count). The third-order valence-electron chi connectivity index (χ3n) is 5.57. The van der Waals surface area contributed by atoms with Crippen LogP contribution in [0.15, 0.2) is 46.7 Å². The van der Waals surface area contributed by atoms with E-state index in [-0.39, 0.29) is 23.6 Å². The SMILES string of the molecule is COCCN1CN(OC(=O)C(=O)c2cccs2)n2cc(C(=O)NCc3ccc(F)cc3F)c(=O)c(O)c2C1=O. The highest BCUT2D eigenvalue weighted by Gasteiger charge is 2.37. The first kappa shape index (κ1) is 27.4. The first-order valence-corrected chi connectivity index (χ1v) is 12.1. The van der Waals surface area contributed by atoms with E-state index < -0.39 is 70.9 Å². The molecule has 0 atom stereocenters. The number of hydroxylamine groups is 1. The van der Waals surface area contributed by atoms with Gasteiger partial charge in [-0.15, -0.1) is 16.5 Å². The summed E-state index contributed by atoms with van der Waals surface area (Å²) in [6.45, 7) is -0.887. The Morgan fingerprint density at radius 2 is 1.95 bits per heavy atom. The van der Waals surface area contributed by atoms with Crippen molar-refractivity contribution in [3.63, 3.8) is 0 Å². The molecular formula is C24H20F2N4O8S. The molecule has 0 aliphatic carbocycles. The lowest BCUT2D eigenvalue weighted by molar-refractivity contribution is -0.144. The number of carbonyl (C=O) groups is 4. The van der Waals surface area contributed by atoms with Crippen molar-refractivity contribution >= 4 is 34.9 Å². The number of ether oxygens (including phenoxy) is 1. The zero-order valence-corrected chi connectivity index (χ0v) is 21.0. The van der Waals surface area contributed by atoms with Crippen molar-refractivity contribution < 1.29 is 42.6 Å². The number of benzene rings is 1. The smallest absolute Gasteiger partial charge is 0.406 e. The number of carbonyl (C=O) groups excluding carboxylic acids is 4. The van der Waals surface area contributed by atoms with Gasteiger partial charge >= 0.3 is 5.97 Å². The fourth-order valence-corrected chi connectivity index (χ4v) is 4.23. The number of nitrogens with one attached hydrogen (secondary N) is 1. The predicted molar refractivity (Wildman–Crippen MR) is 131 cm³/mol. The number of rotatable bonds is 9. The Morgan fingerprint density at radius 1 is 1.18 bits per heavy atom. The predicted octanol–water partition coefficient (Wildman–Crippen LogP) is 1.16. The molecular weight excluding hydrogens is 542 g/mol. The van der Waals surface area contributed by atoms with Gasteiger partial charge < -0.3 is 24.9 Å². The molecule has 1 aliphatic heterocycles. The van der Waals surface area contributed by atoms with Crippen molar-refractivity contribution in [1.29, 1.82) is 0 Å². The van der Waals surface area contributed by atoms with E-state index in [2.05, 4.69) is 5.32 Å². The maximum Gasteiger partial charge on any atom is 0.406 e. The van der Waals surface area contributed by atoms with Crippen molar-refractivity contribution in [1.82, 2.24) is 14.9 Å². The van der Waals surface area contributed by atoms with Crippen LogP contribution in [-0.4, -0.2) is 65.2 Å². The second-order valence-electron chi connectivity index (χ2n) is 8.07. The molecule has 3 aromatic rings. The highest BCUT2D eigenvalue weighted by molar-refractivity contribution is 7.12. The van der Waals surface area contributed by atoms with E-state index in [1.807, 2.05) is 0 Å². The monoisotopic (exact) mass is 562 g/mol. The largest absolute Gasteiger partial charge is 0.502 e. The van der Waals surface area contributed by atoms with Crippen LogP contribution < -0.4 is 15.9 Å². The lowest BCUT2D eigenvalue weighted by Crippen LogP contribution is -2.56. The molecule has 0 saturated carbocycles. The van der Waals surface area contributed by atoms with Gasteiger partial charge in [-0.25, -0.2) is 18.3 Å². The summed E-state index contributed by atoms with van der Waals surface area (Å²) in [4.78, 5) is 70.1. The fraction of sp³-hybridized carbons (Fsp3) is 0.208. The van der Waals surface area contributed by atoms with E-state index in [9.17, 15) is 37.9 Å². The summed E-state index contributed by atoms with van der Waals surface area (Å²) in [5.74, 6) is -7.14. The summed E-state index contributed by atoms with van der Waals surface area (Å²) in [5.41, 5.74) is -2.65. The number of Topliss-reactive ketones (excluding diaryl/α,β-unsaturated/α-hetero) is 1. The number of ketones is 1. The molecule has 3 heterocycles. The minimum absolute atomic E-state index is 0.0403. The number of fused-ring (bicyclic) bond motifs is 1. The molecule has 0 saturated heterocycles. The summed E-state index contributed by atoms with van der Waals surface area (Å²) in [6, 6.07) is 5.65. The van der Waals surface area contributed by atoms with E-state index >= 15 is 0 Å². The number of methoxy groups -OCH3 is 1. The Kier molecular flexibility index (Phi) is 8.01. The number of thiophene rings is 1. The zero-order chi connectivity index (χ0) is 28.3. The lowest BCUT2D eigenvalue weighted by atomic mass is 10.1. The van der Waals surface area contributed by atoms with Crippen LogP contribution >= 0.6 is 11.3 Å². The van der Waals surface area contributed by atoms with Gasteiger partial charge in [-0.1, -0.05) is 12.1 Å². The molecule has 15 heteroatoms. The first-order valence-electron chi connectivity index (χ1n) is 11.2. The molecule has 0 fully saturated rings. The first-order chi connectivity index (χ1) is 18.6. The van der Waals surface area contributed by atoms with Crippen LogP contribution in [0, 0.1) is 11.6 Å². The molecule has 1 aromatic carbocycles. The molecule has 0 unspecified atom stereocenters. The van der Waals surface area contributed by atoms with Gasteiger partial charge in [0.15, 0.2) is 11.4 Å². The summed E-state index contributed by atoms with van der Waals surface area (Å²) in [5, 5.41) is 15.2. The zero-order valence-electron chi connectivity index (χ0n) is 20.2. The van der Waals surface area contributed by atoms with Crippen LogP contribution in [0.4, 0.5) is 8.78 Å². The molecule has 0 radical (unpaired) electrons. The van der Waals surface area contributed by atoms with Gasteiger partial charge in [0.25, 0.3) is 17.6 Å². The van der Waals surface area contributed by atoms with Crippen LogP contribution in [0.3, 0.4) is 0 Å². The highest BCUT2D eigenvalue weighted by atomic mass is 32.1. The number of amides is 2. The second kappa shape index (κ2) is 11.4. The maximum atomic E-state index is 13.9. The number of hydrogen-bond acceptors (Lipinski definition) is 10. The normalized spacial score (nSPS) is 12.7. The van der Waals surface area contributed by atoms with Crippen LogP contribution in [0.25, 0.3) is 0 Å². The van der Waals surface area contributed by atoms with E-state index in [1.165, 1.54) is 13.2 Å². The van der Waals surface area contributed by atoms with E-state index in [4.69, 9.17) is 9.57 Å². The number of aromatic nitrogens is 1. The number of hydrogen-bond donors (Lipinski definition) is 2. The van der Waals surface area contributed by atoms with Gasteiger partial charge in [0.1, 0.15) is 23.9 Å². The minimum atomic E-state index is -1.33. The van der Waals surface area contributed by atoms with Gasteiger partial charge in [0.05, 0.1) is 11.5 Å². The average Bonchev–Trinajstić information content (AvgIpc) is 3.45. The molecule has 1 aliphatic rings. The summed E-state index contributed by atoms with van der Waals surface area (Å²) >= 11 is 0.997. The summed E-state index contributed by atoms with van der Waals surface area (Å²) in [7, 11) is 1.38. The van der Waals surface area contributed by atoms with E-state index in [0.29, 0.717) is 6.07 Å². The maximum absolute atomic E-state index is 13.9. The van der Waals surface area contributed by atoms with Crippen molar-refractivity contribution in [2.24, 2.45) is 0 Å². The molecule has 12 nitrogen and oxygen atoms in total. The van der Waals surface area contributed by atoms with Crippen molar-refractivity contribution in [2.75, 3.05) is 32.1 Å². The van der Waals surface area contributed by atoms with Crippen molar-refractivity contribution in [3.05, 3.63) is 85.5 Å². The van der Waals surface area contributed by atoms with E-state index in [1.54, 1.807) is 11.4 Å². The summed E-state index contributed by atoms with van der Waals surface area (Å²) < 4.78 is 32.8. The second-order valence-corrected chi connectivity index (χ2v) is 9.02. The number of nitrogens with zero attached hydrogens (tertiary/aromatic N) is 3. The van der Waals surface area contributed by atoms with Gasteiger partial charge in [0, 0.05) is 38.0 Å². The Hall–Kier alpha value is -4.63. The topological polar surface area (TPSA) is 147 Å². The number of aromatic hydroxyl groups is 1. The minimum Gasteiger partial charge on any atom is -0.502 e. The summed E-state index contributed by atoms with van der Waals surface area (Å²) in [6.07, 6.45) is 0.836. The highest BCUT2D eigenvalue weighted by Crippen LogP contribution is 2.22. The van der Waals surface area contributed by atoms with Crippen LogP contribution in [0.5, 0.6) is 5.75 Å². The third-order valence-corrected chi connectivity index (χ3v) is 6.44. The van der Waals surface area contributed by atoms with Gasteiger partial charge in [-0.3, -0.25) is 19.2 Å². The van der Waals surface area contributed by atoms with Crippen molar-refractivity contribution in [2.45, 2.75) is 6.54 Å². The molecule has 0 bridgehead atoms. The Morgan fingerprint density at radius 3 is 2.62 bits per heavy atom. The average molecular weight is 563 g/mol. The standard InChI is InChI=1S/C24H20F2N4O8S/c1-37-7-6-28-12-30(38-24(36)20(32)17-3-2-8-39-17)29-11-15(19(31)21(33)18(29)23(28)35)22(34)27-10-13-4-5-14(25)9-16(13)26/h2-5,8-9,11,33H,6-7,10,12H2,1H3,(H,27,34). The Bertz CT molecular complexity index is 1510. The number of pyridine rings is 1. The molecule has 204 valence electrons. The molecule has 2 N–H and O–H groups in total. The molecule has 2 amide bonds. The molecule has 2 aromatic heterocycles. The number of halogens is 2. The quantitative estimate of drug-likeness (QED) is 0.290. The van der Waals surface area contributed by atoms with E-state index in [0.717, 1.165) is 44.4 Å². The fourth-order valence-electron chi connectivity index (χ4n) is 3.58. The van der Waals surface area contributed by atoms with Crippen LogP contribution in [0.1, 0.15) is 36.1 Å². The van der Waals surface area contributed by atoms with Gasteiger partial charge in [-0.05, 0) is 17.5 Å². The van der Waals surface area contributed by atoms with Crippen LogP contribution in [0.2, 0.25) is 0 Å². The Balaban J connectivity index is 1.68. The van der Waals surface area contributed by atoms with Gasteiger partial charge in [-0.2, -0.15) is 0 Å². The van der Waals surface area contributed by atoms with Crippen molar-refractivity contribution in [3.8, 4) is 5.75 Å². The Labute approximate surface area is 222 Å². The molecule has 39 heavy (non-hydrogen) atoms. The molecule has 0 spiro atoms.